The van der Waals surface area contributed by atoms with Gasteiger partial charge >= 0.3 is 0 Å². The highest BCUT2D eigenvalue weighted by Crippen LogP contribution is 2.20. The highest BCUT2D eigenvalue weighted by molar-refractivity contribution is 5.85. The normalized spacial score (nSPS) is 11.1. The molecule has 0 N–H and O–H groups in total. The largest absolute Gasteiger partial charge is 0.0654 e. The molecule has 0 aliphatic rings. The van der Waals surface area contributed by atoms with Crippen molar-refractivity contribution in [3.05, 3.63) is 48.0 Å². The van der Waals surface area contributed by atoms with Crippen molar-refractivity contribution in [2.24, 2.45) is 0 Å². The van der Waals surface area contributed by atoms with Gasteiger partial charge in [-0.25, -0.2) is 0 Å². The molecule has 0 radical (unpaired) electrons. The summed E-state index contributed by atoms with van der Waals surface area (Å²) < 4.78 is 0. The summed E-state index contributed by atoms with van der Waals surface area (Å²) in [4.78, 5) is 0. The summed E-state index contributed by atoms with van der Waals surface area (Å²) in [5, 5.41) is 2.82. The molecule has 0 aliphatic carbocycles. The van der Waals surface area contributed by atoms with Gasteiger partial charge in [0.05, 0.1) is 0 Å². The molecule has 20 heavy (non-hydrogen) atoms. The summed E-state index contributed by atoms with van der Waals surface area (Å²) in [7, 11) is 0. The van der Waals surface area contributed by atoms with E-state index in [0.29, 0.717) is 0 Å². The van der Waals surface area contributed by atoms with Crippen LogP contribution in [0.25, 0.3) is 10.8 Å². The van der Waals surface area contributed by atoms with Crippen molar-refractivity contribution >= 4 is 10.8 Å². The third kappa shape index (κ3) is 4.67. The van der Waals surface area contributed by atoms with E-state index >= 15 is 0 Å². The molecule has 0 saturated carbocycles. The number of hydrogen-bond acceptors (Lipinski definition) is 0. The fraction of sp³-hybridized carbons (Fsp3) is 0.500. The third-order valence-corrected chi connectivity index (χ3v) is 4.18. The lowest BCUT2D eigenvalue weighted by atomic mass is 9.99. The first-order valence-corrected chi connectivity index (χ1v) is 8.38. The maximum Gasteiger partial charge on any atom is -0.0152 e. The van der Waals surface area contributed by atoms with Crippen LogP contribution in [0, 0.1) is 0 Å². The zero-order valence-corrected chi connectivity index (χ0v) is 12.9. The van der Waals surface area contributed by atoms with E-state index in [0.717, 1.165) is 0 Å². The summed E-state index contributed by atoms with van der Waals surface area (Å²) in [5.74, 6) is 0. The smallest absolute Gasteiger partial charge is 0.0152 e. The molecule has 2 aromatic rings. The van der Waals surface area contributed by atoms with Crippen molar-refractivity contribution in [2.75, 3.05) is 0 Å². The number of fused-ring (bicyclic) bond motifs is 1. The Balaban J connectivity index is 1.71. The van der Waals surface area contributed by atoms with Crippen LogP contribution in [-0.2, 0) is 6.42 Å². The Kier molecular flexibility index (Phi) is 6.63. The van der Waals surface area contributed by atoms with Gasteiger partial charge in [0.25, 0.3) is 0 Å². The Morgan fingerprint density at radius 3 is 2.10 bits per heavy atom. The van der Waals surface area contributed by atoms with E-state index in [4.69, 9.17) is 0 Å². The number of rotatable bonds is 9. The summed E-state index contributed by atoms with van der Waals surface area (Å²) in [6.45, 7) is 2.28. The molecule has 0 saturated heterocycles. The van der Waals surface area contributed by atoms with Crippen LogP contribution in [0.5, 0.6) is 0 Å². The molecule has 0 amide bonds. The molecule has 108 valence electrons. The van der Waals surface area contributed by atoms with Gasteiger partial charge in [-0.15, -0.1) is 0 Å². The van der Waals surface area contributed by atoms with Crippen molar-refractivity contribution in [3.8, 4) is 0 Å². The van der Waals surface area contributed by atoms with Crippen LogP contribution in [0.4, 0.5) is 0 Å². The predicted molar refractivity (Wildman–Crippen MR) is 90.3 cm³/mol. The zero-order chi connectivity index (χ0) is 14.0. The van der Waals surface area contributed by atoms with Crippen LogP contribution in [0.1, 0.15) is 63.9 Å². The van der Waals surface area contributed by atoms with Gasteiger partial charge in [0.2, 0.25) is 0 Å². The maximum atomic E-state index is 2.30. The van der Waals surface area contributed by atoms with Gasteiger partial charge < -0.3 is 0 Å². The molecular formula is C20H28. The zero-order valence-electron chi connectivity index (χ0n) is 12.9. The van der Waals surface area contributed by atoms with Crippen molar-refractivity contribution < 1.29 is 0 Å². The van der Waals surface area contributed by atoms with Gasteiger partial charge in [-0.05, 0) is 29.2 Å². The lowest BCUT2D eigenvalue weighted by Gasteiger charge is -2.06. The van der Waals surface area contributed by atoms with Crippen molar-refractivity contribution in [1.82, 2.24) is 0 Å². The number of hydrogen-bond donors (Lipinski definition) is 0. The lowest BCUT2D eigenvalue weighted by Crippen LogP contribution is -1.88. The molecular weight excluding hydrogens is 240 g/mol. The topological polar surface area (TPSA) is 0 Å². The second-order valence-electron chi connectivity index (χ2n) is 5.86. The van der Waals surface area contributed by atoms with E-state index in [-0.39, 0.29) is 0 Å². The lowest BCUT2D eigenvalue weighted by molar-refractivity contribution is 0.576. The minimum atomic E-state index is 1.23. The molecule has 0 aromatic heterocycles. The second kappa shape index (κ2) is 8.79. The second-order valence-corrected chi connectivity index (χ2v) is 5.86. The van der Waals surface area contributed by atoms with Gasteiger partial charge in [-0.1, -0.05) is 94.3 Å². The highest BCUT2D eigenvalue weighted by Gasteiger charge is 2.00. The molecule has 0 atom stereocenters. The molecule has 0 aliphatic heterocycles. The Morgan fingerprint density at radius 1 is 0.650 bits per heavy atom. The minimum Gasteiger partial charge on any atom is -0.0654 e. The number of aryl methyl sites for hydroxylation is 1. The SMILES string of the molecule is CCCCCCCCCCc1cccc2ccccc12. The summed E-state index contributed by atoms with van der Waals surface area (Å²) in [5.41, 5.74) is 1.52. The Morgan fingerprint density at radius 2 is 1.30 bits per heavy atom. The minimum absolute atomic E-state index is 1.23. The van der Waals surface area contributed by atoms with Gasteiger partial charge in [-0.3, -0.25) is 0 Å². The average Bonchev–Trinajstić information content (AvgIpc) is 2.50. The third-order valence-electron chi connectivity index (χ3n) is 4.18. The first kappa shape index (κ1) is 15.1. The maximum absolute atomic E-state index is 2.30. The van der Waals surface area contributed by atoms with Crippen LogP contribution < -0.4 is 0 Å². The summed E-state index contributed by atoms with van der Waals surface area (Å²) in [6.07, 6.45) is 12.4. The van der Waals surface area contributed by atoms with Crippen LogP contribution in [0.2, 0.25) is 0 Å². The van der Waals surface area contributed by atoms with Gasteiger partial charge in [-0.2, -0.15) is 0 Å². The van der Waals surface area contributed by atoms with Crippen LogP contribution in [-0.4, -0.2) is 0 Å². The molecule has 0 heteroatoms. The molecule has 0 nitrogen and oxygen atoms in total. The first-order valence-electron chi connectivity index (χ1n) is 8.38. The van der Waals surface area contributed by atoms with Crippen molar-refractivity contribution in [3.63, 3.8) is 0 Å². The first-order chi connectivity index (χ1) is 9.92. The Labute approximate surface area is 124 Å². The molecule has 0 fully saturated rings. The van der Waals surface area contributed by atoms with E-state index in [2.05, 4.69) is 49.4 Å². The fourth-order valence-electron chi connectivity index (χ4n) is 2.96. The quantitative estimate of drug-likeness (QED) is 0.454. The number of benzene rings is 2. The number of unbranched alkanes of at least 4 members (excludes halogenated alkanes) is 7. The van der Waals surface area contributed by atoms with Crippen LogP contribution in [0.3, 0.4) is 0 Å². The van der Waals surface area contributed by atoms with E-state index in [1.54, 1.807) is 0 Å². The van der Waals surface area contributed by atoms with Gasteiger partial charge in [0.1, 0.15) is 0 Å². The van der Waals surface area contributed by atoms with Crippen LogP contribution >= 0.6 is 0 Å². The monoisotopic (exact) mass is 268 g/mol. The van der Waals surface area contributed by atoms with E-state index in [1.807, 2.05) is 0 Å². The molecule has 0 heterocycles. The van der Waals surface area contributed by atoms with Gasteiger partial charge in [0, 0.05) is 0 Å². The Bertz CT molecular complexity index is 493. The van der Waals surface area contributed by atoms with E-state index in [1.165, 1.54) is 74.1 Å². The van der Waals surface area contributed by atoms with Crippen molar-refractivity contribution in [1.29, 1.82) is 0 Å². The summed E-state index contributed by atoms with van der Waals surface area (Å²) in [6, 6.07) is 15.5. The van der Waals surface area contributed by atoms with Gasteiger partial charge in [0.15, 0.2) is 0 Å². The standard InChI is InChI=1S/C20H28/c1-2-3-4-5-6-7-8-9-13-18-15-12-16-19-14-10-11-17-20(18)19/h10-12,14-17H,2-9,13H2,1H3. The molecule has 0 spiro atoms. The fourth-order valence-corrected chi connectivity index (χ4v) is 2.96. The van der Waals surface area contributed by atoms with E-state index < -0.39 is 0 Å². The Hall–Kier alpha value is -1.30. The molecule has 0 bridgehead atoms. The van der Waals surface area contributed by atoms with Crippen molar-refractivity contribution in [2.45, 2.75) is 64.7 Å². The molecule has 2 rings (SSSR count). The van der Waals surface area contributed by atoms with E-state index in [9.17, 15) is 0 Å². The predicted octanol–water partition coefficient (Wildman–Crippen LogP) is 6.52. The summed E-state index contributed by atoms with van der Waals surface area (Å²) >= 11 is 0. The molecule has 0 unspecified atom stereocenters. The average molecular weight is 268 g/mol. The molecule has 2 aromatic carbocycles. The highest BCUT2D eigenvalue weighted by atomic mass is 14.0. The van der Waals surface area contributed by atoms with Crippen LogP contribution in [0.15, 0.2) is 42.5 Å².